The van der Waals surface area contributed by atoms with Gasteiger partial charge in [0.25, 0.3) is 0 Å². The minimum absolute atomic E-state index is 0.442. The van der Waals surface area contributed by atoms with Gasteiger partial charge in [-0.25, -0.2) is 0 Å². The van der Waals surface area contributed by atoms with Crippen LogP contribution in [0.5, 0.6) is 0 Å². The van der Waals surface area contributed by atoms with Crippen molar-refractivity contribution >= 4 is 5.84 Å². The van der Waals surface area contributed by atoms with Crippen molar-refractivity contribution in [2.24, 2.45) is 11.8 Å². The molecule has 0 radical (unpaired) electrons. The second-order valence-electron chi connectivity index (χ2n) is 4.40. The summed E-state index contributed by atoms with van der Waals surface area (Å²) in [6.07, 6.45) is 4.63. The van der Waals surface area contributed by atoms with Crippen molar-refractivity contribution in [1.29, 1.82) is 10.7 Å². The molecule has 1 saturated carbocycles. The Morgan fingerprint density at radius 3 is 2.43 bits per heavy atom. The number of piperidine rings is 1. The Hall–Kier alpha value is -1.24. The molecule has 1 saturated heterocycles. The van der Waals surface area contributed by atoms with Crippen LogP contribution in [-0.2, 0) is 0 Å². The molecule has 3 atom stereocenters. The van der Waals surface area contributed by atoms with Gasteiger partial charge in [0.05, 0.1) is 5.84 Å². The molecule has 0 aromatic rings. The second kappa shape index (κ2) is 3.49. The molecule has 2 bridgehead atoms. The van der Waals surface area contributed by atoms with Gasteiger partial charge in [0, 0.05) is 19.1 Å². The number of nitrogens with one attached hydrogen (secondary N) is 2. The molecule has 0 aromatic heterocycles. The number of hydrogen-bond donors (Lipinski definition) is 2. The normalized spacial score (nSPS) is 35.1. The Bertz CT molecular complexity index is 266. The maximum Gasteiger partial charge on any atom is 0.179 e. The Balaban J connectivity index is 2.03. The standard InChI is InChI=1S/C10H16N4/c1-7(12)13-10-8-2-3-9(10)5-14(4-8)6-11/h8-10H,2-5H2,1H3,(H2,12,13)/t8-,9+,10-. The number of rotatable bonds is 1. The second-order valence-corrected chi connectivity index (χ2v) is 4.40. The Morgan fingerprint density at radius 2 is 2.00 bits per heavy atom. The van der Waals surface area contributed by atoms with Crippen molar-refractivity contribution in [3.63, 3.8) is 0 Å². The van der Waals surface area contributed by atoms with Crippen LogP contribution >= 0.6 is 0 Å². The zero-order valence-corrected chi connectivity index (χ0v) is 8.45. The molecule has 1 aliphatic heterocycles. The van der Waals surface area contributed by atoms with Gasteiger partial charge in [0.1, 0.15) is 0 Å². The SMILES string of the molecule is CC(=N)N[C@@H]1[C@@H]2CC[C@H]1CN(C#N)C2. The highest BCUT2D eigenvalue weighted by molar-refractivity contribution is 5.76. The molecule has 14 heavy (non-hydrogen) atoms. The Kier molecular flexibility index (Phi) is 2.32. The first-order valence-corrected chi connectivity index (χ1v) is 5.17. The Labute approximate surface area is 84.4 Å². The summed E-state index contributed by atoms with van der Waals surface area (Å²) < 4.78 is 0. The average Bonchev–Trinajstić information content (AvgIpc) is 2.38. The van der Waals surface area contributed by atoms with Gasteiger partial charge < -0.3 is 10.2 Å². The minimum atomic E-state index is 0.442. The van der Waals surface area contributed by atoms with Crippen molar-refractivity contribution in [3.8, 4) is 6.19 Å². The van der Waals surface area contributed by atoms with Gasteiger partial charge in [-0.05, 0) is 31.6 Å². The zero-order chi connectivity index (χ0) is 10.1. The lowest BCUT2D eigenvalue weighted by Crippen LogP contribution is -2.50. The van der Waals surface area contributed by atoms with Crippen LogP contribution in [0.3, 0.4) is 0 Å². The van der Waals surface area contributed by atoms with E-state index in [4.69, 9.17) is 10.7 Å². The fourth-order valence-corrected chi connectivity index (χ4v) is 2.79. The lowest BCUT2D eigenvalue weighted by molar-refractivity contribution is 0.194. The molecular weight excluding hydrogens is 176 g/mol. The van der Waals surface area contributed by atoms with E-state index < -0.39 is 0 Å². The van der Waals surface area contributed by atoms with Crippen LogP contribution in [-0.4, -0.2) is 29.9 Å². The monoisotopic (exact) mass is 192 g/mol. The molecule has 2 rings (SSSR count). The summed E-state index contributed by atoms with van der Waals surface area (Å²) >= 11 is 0. The van der Waals surface area contributed by atoms with Gasteiger partial charge in [-0.1, -0.05) is 0 Å². The van der Waals surface area contributed by atoms with Crippen LogP contribution in [0.1, 0.15) is 19.8 Å². The molecule has 4 nitrogen and oxygen atoms in total. The number of fused-ring (bicyclic) bond motifs is 2. The van der Waals surface area contributed by atoms with Crippen molar-refractivity contribution in [3.05, 3.63) is 0 Å². The lowest BCUT2D eigenvalue weighted by Gasteiger charge is -2.35. The van der Waals surface area contributed by atoms with Gasteiger partial charge in [-0.2, -0.15) is 5.26 Å². The van der Waals surface area contributed by atoms with Gasteiger partial charge in [0.2, 0.25) is 0 Å². The summed E-state index contributed by atoms with van der Waals surface area (Å²) in [4.78, 5) is 1.86. The fourth-order valence-electron chi connectivity index (χ4n) is 2.79. The highest BCUT2D eigenvalue weighted by Crippen LogP contribution is 2.36. The maximum absolute atomic E-state index is 8.84. The molecule has 76 valence electrons. The van der Waals surface area contributed by atoms with Gasteiger partial charge >= 0.3 is 0 Å². The van der Waals surface area contributed by atoms with Crippen LogP contribution in [0, 0.1) is 28.7 Å². The molecule has 4 heteroatoms. The number of hydrogen-bond acceptors (Lipinski definition) is 3. The first kappa shape index (κ1) is 9.32. The van der Waals surface area contributed by atoms with E-state index in [9.17, 15) is 0 Å². The topological polar surface area (TPSA) is 62.9 Å². The van der Waals surface area contributed by atoms with E-state index in [0.29, 0.717) is 23.7 Å². The van der Waals surface area contributed by atoms with Gasteiger partial charge in [0.15, 0.2) is 6.19 Å². The number of nitriles is 1. The van der Waals surface area contributed by atoms with E-state index in [1.54, 1.807) is 6.92 Å². The Morgan fingerprint density at radius 1 is 1.43 bits per heavy atom. The van der Waals surface area contributed by atoms with Crippen molar-refractivity contribution < 1.29 is 0 Å². The third-order valence-corrected chi connectivity index (χ3v) is 3.36. The summed E-state index contributed by atoms with van der Waals surface area (Å²) in [6.45, 7) is 3.53. The molecule has 1 aliphatic carbocycles. The molecule has 2 aliphatic rings. The highest BCUT2D eigenvalue weighted by Gasteiger charge is 2.41. The largest absolute Gasteiger partial charge is 0.371 e. The molecule has 2 N–H and O–H groups in total. The molecule has 0 spiro atoms. The van der Waals surface area contributed by atoms with Crippen LogP contribution in [0.2, 0.25) is 0 Å². The molecule has 2 fully saturated rings. The van der Waals surface area contributed by atoms with E-state index in [2.05, 4.69) is 11.5 Å². The zero-order valence-electron chi connectivity index (χ0n) is 8.45. The van der Waals surface area contributed by atoms with E-state index in [1.807, 2.05) is 4.90 Å². The van der Waals surface area contributed by atoms with Crippen LogP contribution in [0.15, 0.2) is 0 Å². The summed E-state index contributed by atoms with van der Waals surface area (Å²) in [5.74, 6) is 1.68. The summed E-state index contributed by atoms with van der Waals surface area (Å²) in [7, 11) is 0. The fraction of sp³-hybridized carbons (Fsp3) is 0.800. The first-order chi connectivity index (χ1) is 6.70. The van der Waals surface area contributed by atoms with Crippen molar-refractivity contribution in [2.75, 3.05) is 13.1 Å². The molecule has 1 heterocycles. The number of amidine groups is 1. The number of nitrogens with zero attached hydrogens (tertiary/aromatic N) is 2. The first-order valence-electron chi connectivity index (χ1n) is 5.17. The van der Waals surface area contributed by atoms with Gasteiger partial charge in [-0.3, -0.25) is 5.41 Å². The van der Waals surface area contributed by atoms with Crippen molar-refractivity contribution in [2.45, 2.75) is 25.8 Å². The average molecular weight is 192 g/mol. The predicted octanol–water partition coefficient (Wildman–Crippen LogP) is 0.765. The van der Waals surface area contributed by atoms with Crippen LogP contribution in [0.25, 0.3) is 0 Å². The van der Waals surface area contributed by atoms with Crippen molar-refractivity contribution in [1.82, 2.24) is 10.2 Å². The molecule has 0 amide bonds. The number of likely N-dealkylation sites (tertiary alicyclic amines) is 1. The van der Waals surface area contributed by atoms with E-state index in [1.165, 1.54) is 12.8 Å². The quantitative estimate of drug-likeness (QED) is 0.366. The summed E-state index contributed by atoms with van der Waals surface area (Å²) in [5.41, 5.74) is 0. The van der Waals surface area contributed by atoms with Crippen LogP contribution in [0.4, 0.5) is 0 Å². The third kappa shape index (κ3) is 1.54. The van der Waals surface area contributed by atoms with Gasteiger partial charge in [-0.15, -0.1) is 0 Å². The summed E-state index contributed by atoms with van der Waals surface area (Å²) in [5, 5.41) is 19.5. The lowest BCUT2D eigenvalue weighted by atomic mass is 9.92. The third-order valence-electron chi connectivity index (χ3n) is 3.36. The molecule has 0 aromatic carbocycles. The minimum Gasteiger partial charge on any atom is -0.371 e. The highest BCUT2D eigenvalue weighted by atomic mass is 15.2. The van der Waals surface area contributed by atoms with E-state index in [-0.39, 0.29) is 0 Å². The van der Waals surface area contributed by atoms with Crippen LogP contribution < -0.4 is 5.32 Å². The molecular formula is C10H16N4. The molecule has 0 unspecified atom stereocenters. The smallest absolute Gasteiger partial charge is 0.179 e. The van der Waals surface area contributed by atoms with E-state index in [0.717, 1.165) is 13.1 Å². The maximum atomic E-state index is 8.84. The van der Waals surface area contributed by atoms with E-state index >= 15 is 0 Å². The predicted molar refractivity (Wildman–Crippen MR) is 53.7 cm³/mol. The summed E-state index contributed by atoms with van der Waals surface area (Å²) in [6, 6.07) is 0.442.